The predicted octanol–water partition coefficient (Wildman–Crippen LogP) is -0.746. The summed E-state index contributed by atoms with van der Waals surface area (Å²) in [6, 6.07) is 17.5. The molecule has 166 valence electrons. The standard InChI is InChI=1S/C24H32N4O3/c1-20-8-10-21(11-9-20)25-23(29)18-26(2)19-24(30)28-14-12-27(13-15-28)16-17-31-22-6-4-3-5-7-22/h3-11H,12-19H2,1-2H3,(H,25,29)/p+2. The van der Waals surface area contributed by atoms with Gasteiger partial charge in [-0.25, -0.2) is 0 Å². The zero-order valence-corrected chi connectivity index (χ0v) is 18.5. The predicted molar refractivity (Wildman–Crippen MR) is 121 cm³/mol. The third kappa shape index (κ3) is 7.70. The summed E-state index contributed by atoms with van der Waals surface area (Å²) in [4.78, 5) is 29.1. The molecule has 3 rings (SSSR count). The number of amides is 2. The number of nitrogens with zero attached hydrogens (tertiary/aromatic N) is 1. The molecule has 0 aromatic heterocycles. The molecule has 3 N–H and O–H groups in total. The van der Waals surface area contributed by atoms with Gasteiger partial charge in [0.25, 0.3) is 11.8 Å². The summed E-state index contributed by atoms with van der Waals surface area (Å²) < 4.78 is 5.78. The molecule has 1 atom stereocenters. The lowest BCUT2D eigenvalue weighted by Gasteiger charge is -2.32. The molecule has 2 amide bonds. The minimum absolute atomic E-state index is 0.0816. The van der Waals surface area contributed by atoms with Gasteiger partial charge in [0.1, 0.15) is 18.9 Å². The molecule has 1 heterocycles. The number of hydrogen-bond donors (Lipinski definition) is 3. The molecule has 1 saturated heterocycles. The highest BCUT2D eigenvalue weighted by molar-refractivity contribution is 5.91. The maximum atomic E-state index is 12.6. The second-order valence-electron chi connectivity index (χ2n) is 8.27. The fourth-order valence-electron chi connectivity index (χ4n) is 3.70. The lowest BCUT2D eigenvalue weighted by Crippen LogP contribution is -3.15. The fraction of sp³-hybridized carbons (Fsp3) is 0.417. The molecular formula is C24H34N4O3+2. The van der Waals surface area contributed by atoms with Crippen LogP contribution < -0.4 is 19.9 Å². The molecule has 0 spiro atoms. The number of rotatable bonds is 9. The minimum Gasteiger partial charge on any atom is -0.488 e. The second-order valence-corrected chi connectivity index (χ2v) is 8.27. The summed E-state index contributed by atoms with van der Waals surface area (Å²) in [6.07, 6.45) is 0. The molecule has 0 aliphatic carbocycles. The third-order valence-electron chi connectivity index (χ3n) is 5.54. The van der Waals surface area contributed by atoms with E-state index in [4.69, 9.17) is 4.74 Å². The largest absolute Gasteiger partial charge is 0.488 e. The number of benzene rings is 2. The number of likely N-dealkylation sites (N-methyl/N-ethyl adjacent to an activating group) is 1. The van der Waals surface area contributed by atoms with Crippen LogP contribution in [0.4, 0.5) is 5.69 Å². The number of anilines is 1. The summed E-state index contributed by atoms with van der Waals surface area (Å²) in [6.45, 7) is 7.57. The smallest absolute Gasteiger partial charge is 0.279 e. The van der Waals surface area contributed by atoms with Gasteiger partial charge in [0.2, 0.25) is 0 Å². The normalized spacial score (nSPS) is 15.4. The van der Waals surface area contributed by atoms with Crippen LogP contribution in [0.25, 0.3) is 0 Å². The zero-order chi connectivity index (χ0) is 22.1. The number of hydrogen-bond acceptors (Lipinski definition) is 3. The van der Waals surface area contributed by atoms with Crippen molar-refractivity contribution in [2.45, 2.75) is 6.92 Å². The van der Waals surface area contributed by atoms with Crippen LogP contribution in [0.1, 0.15) is 5.56 Å². The quantitative estimate of drug-likeness (QED) is 0.495. The highest BCUT2D eigenvalue weighted by Gasteiger charge is 2.26. The van der Waals surface area contributed by atoms with Crippen LogP contribution in [0.15, 0.2) is 54.6 Å². The van der Waals surface area contributed by atoms with E-state index in [9.17, 15) is 9.59 Å². The first-order chi connectivity index (χ1) is 15.0. The number of piperazine rings is 1. The van der Waals surface area contributed by atoms with Crippen LogP contribution in [-0.2, 0) is 9.59 Å². The Morgan fingerprint density at radius 2 is 1.71 bits per heavy atom. The van der Waals surface area contributed by atoms with Gasteiger partial charge in [-0.05, 0) is 31.2 Å². The molecule has 31 heavy (non-hydrogen) atoms. The molecule has 0 saturated carbocycles. The highest BCUT2D eigenvalue weighted by atomic mass is 16.5. The maximum Gasteiger partial charge on any atom is 0.279 e. The number of carbonyl (C=O) groups is 2. The Labute approximate surface area is 184 Å². The van der Waals surface area contributed by atoms with Gasteiger partial charge < -0.3 is 24.8 Å². The summed E-state index contributed by atoms with van der Waals surface area (Å²) >= 11 is 0. The van der Waals surface area contributed by atoms with Crippen LogP contribution in [-0.4, -0.2) is 76.2 Å². The van der Waals surface area contributed by atoms with E-state index in [0.717, 1.165) is 54.6 Å². The van der Waals surface area contributed by atoms with Gasteiger partial charge in [-0.1, -0.05) is 35.9 Å². The molecule has 1 fully saturated rings. The molecule has 7 heteroatoms. The van der Waals surface area contributed by atoms with Crippen LogP contribution in [0.5, 0.6) is 5.75 Å². The summed E-state index contributed by atoms with van der Waals surface area (Å²) in [5.74, 6) is 0.926. The lowest BCUT2D eigenvalue weighted by atomic mass is 10.2. The van der Waals surface area contributed by atoms with Crippen molar-refractivity contribution in [1.82, 2.24) is 4.90 Å². The second kappa shape index (κ2) is 11.5. The Balaban J connectivity index is 1.32. The highest BCUT2D eigenvalue weighted by Crippen LogP contribution is 2.08. The first kappa shape index (κ1) is 22.8. The molecule has 7 nitrogen and oxygen atoms in total. The van der Waals surface area contributed by atoms with Crippen molar-refractivity contribution in [2.24, 2.45) is 0 Å². The average Bonchev–Trinajstić information content (AvgIpc) is 2.76. The number of carbonyl (C=O) groups excluding carboxylic acids is 2. The van der Waals surface area contributed by atoms with Gasteiger partial charge in [0, 0.05) is 5.69 Å². The monoisotopic (exact) mass is 426 g/mol. The third-order valence-corrected chi connectivity index (χ3v) is 5.54. The van der Waals surface area contributed by atoms with Crippen molar-refractivity contribution < 1.29 is 24.1 Å². The molecule has 0 bridgehead atoms. The number of ether oxygens (including phenoxy) is 1. The number of para-hydroxylation sites is 1. The van der Waals surface area contributed by atoms with Crippen LogP contribution in [0.2, 0.25) is 0 Å². The van der Waals surface area contributed by atoms with E-state index in [-0.39, 0.29) is 18.4 Å². The Morgan fingerprint density at radius 3 is 2.39 bits per heavy atom. The van der Waals surface area contributed by atoms with Crippen molar-refractivity contribution >= 4 is 17.5 Å². The lowest BCUT2D eigenvalue weighted by molar-refractivity contribution is -0.904. The van der Waals surface area contributed by atoms with Crippen LogP contribution in [0.3, 0.4) is 0 Å². The van der Waals surface area contributed by atoms with E-state index in [1.165, 1.54) is 4.90 Å². The van der Waals surface area contributed by atoms with E-state index >= 15 is 0 Å². The minimum atomic E-state index is -0.0816. The number of quaternary nitrogens is 2. The van der Waals surface area contributed by atoms with Crippen molar-refractivity contribution in [2.75, 3.05) is 64.8 Å². The van der Waals surface area contributed by atoms with E-state index in [2.05, 4.69) is 5.32 Å². The fourth-order valence-corrected chi connectivity index (χ4v) is 3.70. The van der Waals surface area contributed by atoms with Crippen LogP contribution >= 0.6 is 0 Å². The van der Waals surface area contributed by atoms with Gasteiger partial charge in [-0.15, -0.1) is 0 Å². The van der Waals surface area contributed by atoms with Gasteiger partial charge in [0.15, 0.2) is 13.1 Å². The number of nitrogens with one attached hydrogen (secondary N) is 3. The summed E-state index contributed by atoms with van der Waals surface area (Å²) in [7, 11) is 1.88. The van der Waals surface area contributed by atoms with Crippen molar-refractivity contribution in [3.05, 3.63) is 60.2 Å². The topological polar surface area (TPSA) is 67.5 Å². The molecule has 1 unspecified atom stereocenters. The maximum absolute atomic E-state index is 12.6. The summed E-state index contributed by atoms with van der Waals surface area (Å²) in [5.41, 5.74) is 1.93. The molecule has 2 aromatic carbocycles. The van der Waals surface area contributed by atoms with E-state index < -0.39 is 0 Å². The van der Waals surface area contributed by atoms with Gasteiger partial charge in [-0.2, -0.15) is 0 Å². The Bertz CT molecular complexity index is 834. The number of aryl methyl sites for hydroxylation is 1. The van der Waals surface area contributed by atoms with E-state index in [0.29, 0.717) is 13.2 Å². The van der Waals surface area contributed by atoms with Crippen LogP contribution in [0, 0.1) is 6.92 Å². The first-order valence-electron chi connectivity index (χ1n) is 11.0. The van der Waals surface area contributed by atoms with Gasteiger partial charge >= 0.3 is 0 Å². The van der Waals surface area contributed by atoms with Gasteiger partial charge in [-0.3, -0.25) is 9.59 Å². The van der Waals surface area contributed by atoms with Crippen molar-refractivity contribution in [3.63, 3.8) is 0 Å². The van der Waals surface area contributed by atoms with E-state index in [1.807, 2.05) is 73.5 Å². The Morgan fingerprint density at radius 1 is 1.03 bits per heavy atom. The Kier molecular flexibility index (Phi) is 8.44. The van der Waals surface area contributed by atoms with Crippen molar-refractivity contribution in [1.29, 1.82) is 0 Å². The molecule has 1 aliphatic heterocycles. The van der Waals surface area contributed by atoms with Gasteiger partial charge in [0.05, 0.1) is 33.2 Å². The zero-order valence-electron chi connectivity index (χ0n) is 18.5. The molecule has 0 radical (unpaired) electrons. The molecule has 1 aliphatic rings. The molecule has 2 aromatic rings. The van der Waals surface area contributed by atoms with Crippen molar-refractivity contribution in [3.8, 4) is 5.75 Å². The Hall–Kier alpha value is -2.90. The average molecular weight is 427 g/mol. The SMILES string of the molecule is Cc1ccc(NC(=O)C[NH+](C)CC(=O)N2CC[NH+](CCOc3ccccc3)CC2)cc1. The van der Waals surface area contributed by atoms with E-state index in [1.54, 1.807) is 0 Å². The molecular weight excluding hydrogens is 392 g/mol. The summed E-state index contributed by atoms with van der Waals surface area (Å²) in [5, 5.41) is 2.89. The first-order valence-corrected chi connectivity index (χ1v) is 11.0.